The monoisotopic (exact) mass is 216 g/mol. The van der Waals surface area contributed by atoms with Crippen molar-refractivity contribution < 1.29 is 4.39 Å². The van der Waals surface area contributed by atoms with Gasteiger partial charge in [0.25, 0.3) is 0 Å². The van der Waals surface area contributed by atoms with Crippen molar-refractivity contribution in [2.75, 3.05) is 0 Å². The van der Waals surface area contributed by atoms with Crippen LogP contribution in [-0.2, 0) is 0 Å². The maximum Gasteiger partial charge on any atom is 0.146 e. The van der Waals surface area contributed by atoms with Gasteiger partial charge in [-0.05, 0) is 24.1 Å². The molecule has 0 bridgehead atoms. The van der Waals surface area contributed by atoms with Gasteiger partial charge in [0.15, 0.2) is 0 Å². The molecule has 1 atom stereocenters. The Kier molecular flexibility index (Phi) is 2.97. The van der Waals surface area contributed by atoms with Crippen LogP contribution < -0.4 is 5.73 Å². The van der Waals surface area contributed by atoms with Gasteiger partial charge < -0.3 is 5.73 Å². The van der Waals surface area contributed by atoms with Crippen LogP contribution in [0.25, 0.3) is 0 Å². The van der Waals surface area contributed by atoms with Crippen LogP contribution in [0, 0.1) is 12.7 Å². The Balaban J connectivity index is 2.44. The zero-order chi connectivity index (χ0) is 11.5. The third-order valence-electron chi connectivity index (χ3n) is 2.66. The van der Waals surface area contributed by atoms with Crippen LogP contribution in [0.5, 0.6) is 0 Å². The van der Waals surface area contributed by atoms with Crippen molar-refractivity contribution in [2.45, 2.75) is 13.0 Å². The number of rotatable bonds is 2. The topological polar surface area (TPSA) is 38.9 Å². The Morgan fingerprint density at radius 3 is 2.62 bits per heavy atom. The lowest BCUT2D eigenvalue weighted by molar-refractivity contribution is 0.593. The first-order valence-corrected chi connectivity index (χ1v) is 5.10. The van der Waals surface area contributed by atoms with Gasteiger partial charge in [0.05, 0.1) is 12.2 Å². The lowest BCUT2D eigenvalue weighted by Gasteiger charge is -2.15. The lowest BCUT2D eigenvalue weighted by Crippen LogP contribution is -2.14. The van der Waals surface area contributed by atoms with Gasteiger partial charge in [-0.2, -0.15) is 0 Å². The van der Waals surface area contributed by atoms with Crippen molar-refractivity contribution in [1.29, 1.82) is 0 Å². The van der Waals surface area contributed by atoms with E-state index < -0.39 is 6.04 Å². The Labute approximate surface area is 93.9 Å². The van der Waals surface area contributed by atoms with Gasteiger partial charge in [-0.15, -0.1) is 0 Å². The number of hydrogen-bond acceptors (Lipinski definition) is 2. The minimum Gasteiger partial charge on any atom is -0.320 e. The van der Waals surface area contributed by atoms with Crippen LogP contribution in [-0.4, -0.2) is 4.98 Å². The van der Waals surface area contributed by atoms with E-state index in [2.05, 4.69) is 4.98 Å². The molecule has 0 aliphatic heterocycles. The average Bonchev–Trinajstić information content (AvgIpc) is 2.29. The highest BCUT2D eigenvalue weighted by Crippen LogP contribution is 2.23. The number of aryl methyl sites for hydroxylation is 1. The Morgan fingerprint density at radius 1 is 1.19 bits per heavy atom. The van der Waals surface area contributed by atoms with Crippen molar-refractivity contribution in [3.8, 4) is 0 Å². The molecule has 0 radical (unpaired) electrons. The molecule has 0 spiro atoms. The highest BCUT2D eigenvalue weighted by molar-refractivity contribution is 5.35. The Bertz CT molecular complexity index is 451. The lowest BCUT2D eigenvalue weighted by atomic mass is 9.96. The Hall–Kier alpha value is -1.74. The highest BCUT2D eigenvalue weighted by atomic mass is 19.1. The molecule has 0 saturated heterocycles. The van der Waals surface area contributed by atoms with Gasteiger partial charge in [-0.3, -0.25) is 4.98 Å². The molecular formula is C13H13FN2. The SMILES string of the molecule is Cc1ccccc1C(N)c1ccncc1F. The number of nitrogens with zero attached hydrogens (tertiary/aromatic N) is 1. The standard InChI is InChI=1S/C13H13FN2/c1-9-4-2-3-5-10(9)13(15)11-6-7-16-8-12(11)14/h2-8,13H,15H2,1H3. The molecule has 1 heterocycles. The number of aromatic nitrogens is 1. The molecule has 16 heavy (non-hydrogen) atoms. The van der Waals surface area contributed by atoms with Crippen molar-refractivity contribution >= 4 is 0 Å². The third-order valence-corrected chi connectivity index (χ3v) is 2.66. The van der Waals surface area contributed by atoms with Crippen LogP contribution in [0.4, 0.5) is 4.39 Å². The second-order valence-corrected chi connectivity index (χ2v) is 3.73. The first kappa shape index (κ1) is 10.8. The van der Waals surface area contributed by atoms with Crippen molar-refractivity contribution in [3.63, 3.8) is 0 Å². The molecule has 2 aromatic rings. The van der Waals surface area contributed by atoms with E-state index in [1.165, 1.54) is 6.20 Å². The molecule has 2 rings (SSSR count). The van der Waals surface area contributed by atoms with E-state index in [4.69, 9.17) is 5.73 Å². The van der Waals surface area contributed by atoms with Gasteiger partial charge in [0.2, 0.25) is 0 Å². The summed E-state index contributed by atoms with van der Waals surface area (Å²) in [5.41, 5.74) is 8.53. The van der Waals surface area contributed by atoms with Crippen molar-refractivity contribution in [1.82, 2.24) is 4.98 Å². The van der Waals surface area contributed by atoms with Crippen LogP contribution in [0.2, 0.25) is 0 Å². The number of halogens is 1. The summed E-state index contributed by atoms with van der Waals surface area (Å²) in [4.78, 5) is 3.71. The van der Waals surface area contributed by atoms with Gasteiger partial charge in [0, 0.05) is 11.8 Å². The molecule has 0 amide bonds. The summed E-state index contributed by atoms with van der Waals surface area (Å²) in [6, 6.07) is 8.90. The molecule has 0 aliphatic carbocycles. The molecule has 2 N–H and O–H groups in total. The summed E-state index contributed by atoms with van der Waals surface area (Å²) in [5.74, 6) is -0.363. The summed E-state index contributed by atoms with van der Waals surface area (Å²) in [7, 11) is 0. The van der Waals surface area contributed by atoms with E-state index in [9.17, 15) is 4.39 Å². The van der Waals surface area contributed by atoms with Gasteiger partial charge in [0.1, 0.15) is 5.82 Å². The minimum atomic E-state index is -0.441. The first-order valence-electron chi connectivity index (χ1n) is 5.10. The summed E-state index contributed by atoms with van der Waals surface area (Å²) >= 11 is 0. The molecule has 2 nitrogen and oxygen atoms in total. The predicted molar refractivity (Wildman–Crippen MR) is 61.4 cm³/mol. The number of pyridine rings is 1. The van der Waals surface area contributed by atoms with Crippen LogP contribution in [0.3, 0.4) is 0 Å². The molecule has 1 aromatic carbocycles. The van der Waals surface area contributed by atoms with E-state index in [0.717, 1.165) is 11.1 Å². The zero-order valence-electron chi connectivity index (χ0n) is 9.02. The zero-order valence-corrected chi connectivity index (χ0v) is 9.02. The summed E-state index contributed by atoms with van der Waals surface area (Å²) < 4.78 is 13.5. The van der Waals surface area contributed by atoms with Gasteiger partial charge in [-0.25, -0.2) is 4.39 Å². The van der Waals surface area contributed by atoms with E-state index in [1.807, 2.05) is 31.2 Å². The summed E-state index contributed by atoms with van der Waals surface area (Å²) in [6.45, 7) is 1.97. The van der Waals surface area contributed by atoms with E-state index >= 15 is 0 Å². The quantitative estimate of drug-likeness (QED) is 0.838. The van der Waals surface area contributed by atoms with Crippen LogP contribution in [0.15, 0.2) is 42.7 Å². The number of nitrogens with two attached hydrogens (primary N) is 1. The minimum absolute atomic E-state index is 0.363. The number of hydrogen-bond donors (Lipinski definition) is 1. The normalized spacial score (nSPS) is 12.4. The average molecular weight is 216 g/mol. The van der Waals surface area contributed by atoms with E-state index in [-0.39, 0.29) is 5.82 Å². The molecule has 3 heteroatoms. The molecule has 0 aliphatic rings. The fourth-order valence-corrected chi connectivity index (χ4v) is 1.74. The first-order chi connectivity index (χ1) is 7.70. The van der Waals surface area contributed by atoms with Crippen molar-refractivity contribution in [2.24, 2.45) is 5.73 Å². The van der Waals surface area contributed by atoms with Gasteiger partial charge >= 0.3 is 0 Å². The third kappa shape index (κ3) is 1.95. The maximum absolute atomic E-state index is 13.5. The maximum atomic E-state index is 13.5. The van der Waals surface area contributed by atoms with Crippen molar-refractivity contribution in [3.05, 3.63) is 65.2 Å². The van der Waals surface area contributed by atoms with E-state index in [1.54, 1.807) is 12.3 Å². The molecule has 0 fully saturated rings. The predicted octanol–water partition coefficient (Wildman–Crippen LogP) is 2.58. The second-order valence-electron chi connectivity index (χ2n) is 3.73. The van der Waals surface area contributed by atoms with Crippen LogP contribution >= 0.6 is 0 Å². The fraction of sp³-hybridized carbons (Fsp3) is 0.154. The second kappa shape index (κ2) is 4.41. The molecule has 1 unspecified atom stereocenters. The highest BCUT2D eigenvalue weighted by Gasteiger charge is 2.14. The van der Waals surface area contributed by atoms with E-state index in [0.29, 0.717) is 5.56 Å². The molecular weight excluding hydrogens is 203 g/mol. The van der Waals surface area contributed by atoms with Gasteiger partial charge in [-0.1, -0.05) is 24.3 Å². The molecule has 1 aromatic heterocycles. The fourth-order valence-electron chi connectivity index (χ4n) is 1.74. The molecule has 0 saturated carbocycles. The van der Waals surface area contributed by atoms with Crippen LogP contribution in [0.1, 0.15) is 22.7 Å². The Morgan fingerprint density at radius 2 is 1.94 bits per heavy atom. The molecule has 82 valence electrons. The number of benzene rings is 1. The summed E-state index contributed by atoms with van der Waals surface area (Å²) in [6.07, 6.45) is 2.74. The largest absolute Gasteiger partial charge is 0.320 e. The smallest absolute Gasteiger partial charge is 0.146 e. The summed E-state index contributed by atoms with van der Waals surface area (Å²) in [5, 5.41) is 0.